The van der Waals surface area contributed by atoms with Crippen LogP contribution in [0.25, 0.3) is 11.1 Å². The number of oxazole rings is 1. The van der Waals surface area contributed by atoms with Crippen molar-refractivity contribution in [1.82, 2.24) is 10.3 Å². The molecule has 1 aromatic heterocycles. The molecule has 2 amide bonds. The highest BCUT2D eigenvalue weighted by Crippen LogP contribution is 2.23. The minimum atomic E-state index is -1.05. The Labute approximate surface area is 188 Å². The van der Waals surface area contributed by atoms with E-state index in [-0.39, 0.29) is 24.4 Å². The van der Waals surface area contributed by atoms with Gasteiger partial charge in [-0.3, -0.25) is 9.59 Å². The number of carboxylic acid groups (broad SMARTS) is 1. The average molecular weight is 444 g/mol. The third-order valence-electron chi connectivity index (χ3n) is 4.70. The molecule has 0 aliphatic rings. The maximum Gasteiger partial charge on any atom is 0.335 e. The summed E-state index contributed by atoms with van der Waals surface area (Å²) in [5.74, 6) is -1.80. The summed E-state index contributed by atoms with van der Waals surface area (Å²) in [4.78, 5) is 39.5. The summed E-state index contributed by atoms with van der Waals surface area (Å²) in [6.07, 6.45) is 0.0681. The summed E-state index contributed by atoms with van der Waals surface area (Å²) in [5, 5.41) is 17.1. The van der Waals surface area contributed by atoms with Crippen LogP contribution >= 0.6 is 0 Å². The predicted molar refractivity (Wildman–Crippen MR) is 122 cm³/mol. The molecule has 4 aromatic rings. The van der Waals surface area contributed by atoms with Crippen molar-refractivity contribution in [2.75, 3.05) is 17.2 Å². The molecule has 0 saturated heterocycles. The van der Waals surface area contributed by atoms with Crippen LogP contribution in [0.3, 0.4) is 0 Å². The Balaban J connectivity index is 1.30. The second-order valence-electron chi connectivity index (χ2n) is 7.20. The van der Waals surface area contributed by atoms with Crippen LogP contribution < -0.4 is 16.0 Å². The first-order valence-electron chi connectivity index (χ1n) is 10.1. The maximum absolute atomic E-state index is 12.3. The number of amides is 2. The molecule has 1 heterocycles. The first-order chi connectivity index (χ1) is 16.0. The van der Waals surface area contributed by atoms with Crippen molar-refractivity contribution in [3.63, 3.8) is 0 Å². The van der Waals surface area contributed by atoms with Crippen molar-refractivity contribution < 1.29 is 23.9 Å². The minimum Gasteiger partial charge on any atom is -0.478 e. The van der Waals surface area contributed by atoms with Crippen LogP contribution in [0.5, 0.6) is 0 Å². The summed E-state index contributed by atoms with van der Waals surface area (Å²) in [5.41, 5.74) is 3.32. The zero-order valence-electron chi connectivity index (χ0n) is 17.4. The molecule has 0 aliphatic heterocycles. The standard InChI is InChI=1S/C24H20N4O5/c29-21(25-14-22(30)26-18-9-7-16(8-10-18)23(31)32)13-15-6-11-19-20(12-15)33-24(28-19)27-17-4-2-1-3-5-17/h1-12H,13-14H2,(H,25,29)(H,26,30)(H,27,28)(H,31,32). The quantitative estimate of drug-likeness (QED) is 0.326. The molecule has 0 fully saturated rings. The predicted octanol–water partition coefficient (Wildman–Crippen LogP) is 3.57. The normalized spacial score (nSPS) is 10.5. The van der Waals surface area contributed by atoms with Gasteiger partial charge in [-0.1, -0.05) is 24.3 Å². The van der Waals surface area contributed by atoms with Gasteiger partial charge in [0.2, 0.25) is 11.8 Å². The van der Waals surface area contributed by atoms with Crippen molar-refractivity contribution in [2.45, 2.75) is 6.42 Å². The molecule has 33 heavy (non-hydrogen) atoms. The lowest BCUT2D eigenvalue weighted by molar-refractivity contribution is -0.123. The number of para-hydroxylation sites is 1. The Morgan fingerprint density at radius 1 is 0.879 bits per heavy atom. The van der Waals surface area contributed by atoms with Crippen molar-refractivity contribution in [2.24, 2.45) is 0 Å². The molecule has 4 rings (SSSR count). The molecule has 0 atom stereocenters. The lowest BCUT2D eigenvalue weighted by Gasteiger charge is -2.07. The average Bonchev–Trinajstić information content (AvgIpc) is 3.20. The minimum absolute atomic E-state index is 0.0681. The first kappa shape index (κ1) is 21.6. The van der Waals surface area contributed by atoms with Crippen LogP contribution in [0.4, 0.5) is 17.4 Å². The summed E-state index contributed by atoms with van der Waals surface area (Å²) < 4.78 is 5.73. The van der Waals surface area contributed by atoms with Gasteiger partial charge in [0.05, 0.1) is 18.5 Å². The fourth-order valence-electron chi connectivity index (χ4n) is 3.11. The number of hydrogen-bond acceptors (Lipinski definition) is 6. The van der Waals surface area contributed by atoms with E-state index in [4.69, 9.17) is 9.52 Å². The van der Waals surface area contributed by atoms with E-state index in [2.05, 4.69) is 20.9 Å². The van der Waals surface area contributed by atoms with Crippen LogP contribution in [0.15, 0.2) is 77.2 Å². The van der Waals surface area contributed by atoms with Crippen molar-refractivity contribution >= 4 is 46.3 Å². The van der Waals surface area contributed by atoms with Gasteiger partial charge in [0.1, 0.15) is 5.52 Å². The van der Waals surface area contributed by atoms with E-state index in [0.29, 0.717) is 28.4 Å². The fourth-order valence-corrected chi connectivity index (χ4v) is 3.11. The van der Waals surface area contributed by atoms with E-state index >= 15 is 0 Å². The van der Waals surface area contributed by atoms with E-state index in [9.17, 15) is 14.4 Å². The van der Waals surface area contributed by atoms with E-state index in [1.165, 1.54) is 24.3 Å². The Morgan fingerprint density at radius 3 is 2.36 bits per heavy atom. The molecule has 166 valence electrons. The van der Waals surface area contributed by atoms with Crippen molar-refractivity contribution in [3.05, 3.63) is 83.9 Å². The second kappa shape index (κ2) is 9.65. The largest absolute Gasteiger partial charge is 0.478 e. The summed E-state index contributed by atoms with van der Waals surface area (Å²) in [6.45, 7) is -0.213. The number of benzene rings is 3. The van der Waals surface area contributed by atoms with Gasteiger partial charge in [-0.2, -0.15) is 4.98 Å². The molecular formula is C24H20N4O5. The number of aromatic nitrogens is 1. The molecule has 0 saturated carbocycles. The van der Waals surface area contributed by atoms with Gasteiger partial charge in [-0.05, 0) is 54.1 Å². The number of nitrogens with zero attached hydrogens (tertiary/aromatic N) is 1. The summed E-state index contributed by atoms with van der Waals surface area (Å²) in [7, 11) is 0. The molecule has 9 nitrogen and oxygen atoms in total. The van der Waals surface area contributed by atoms with Gasteiger partial charge in [-0.25, -0.2) is 4.79 Å². The Kier molecular flexibility index (Phi) is 6.31. The summed E-state index contributed by atoms with van der Waals surface area (Å²) in [6, 6.07) is 20.9. The molecular weight excluding hydrogens is 424 g/mol. The van der Waals surface area contributed by atoms with Crippen LogP contribution in [-0.4, -0.2) is 34.4 Å². The van der Waals surface area contributed by atoms with Gasteiger partial charge in [0.25, 0.3) is 6.01 Å². The van der Waals surface area contributed by atoms with E-state index in [1.807, 2.05) is 30.3 Å². The zero-order valence-corrected chi connectivity index (χ0v) is 17.4. The number of fused-ring (bicyclic) bond motifs is 1. The number of carboxylic acids is 1. The van der Waals surface area contributed by atoms with E-state index in [1.54, 1.807) is 18.2 Å². The highest BCUT2D eigenvalue weighted by molar-refractivity contribution is 5.95. The van der Waals surface area contributed by atoms with Gasteiger partial charge < -0.3 is 25.5 Å². The Morgan fingerprint density at radius 2 is 1.64 bits per heavy atom. The lowest BCUT2D eigenvalue weighted by atomic mass is 10.1. The Hall–Kier alpha value is -4.66. The number of nitrogens with one attached hydrogen (secondary N) is 3. The second-order valence-corrected chi connectivity index (χ2v) is 7.20. The van der Waals surface area contributed by atoms with Crippen molar-refractivity contribution in [1.29, 1.82) is 0 Å². The van der Waals surface area contributed by atoms with Gasteiger partial charge >= 0.3 is 5.97 Å². The Bertz CT molecular complexity index is 1300. The van der Waals surface area contributed by atoms with Crippen LogP contribution in [0.1, 0.15) is 15.9 Å². The smallest absolute Gasteiger partial charge is 0.335 e. The molecule has 9 heteroatoms. The van der Waals surface area contributed by atoms with E-state index in [0.717, 1.165) is 5.69 Å². The molecule has 0 bridgehead atoms. The number of carbonyl (C=O) groups excluding carboxylic acids is 2. The molecule has 0 aliphatic carbocycles. The van der Waals surface area contributed by atoms with Gasteiger partial charge in [0, 0.05) is 11.4 Å². The van der Waals surface area contributed by atoms with Crippen molar-refractivity contribution in [3.8, 4) is 0 Å². The number of rotatable bonds is 8. The van der Waals surface area contributed by atoms with E-state index < -0.39 is 11.9 Å². The van der Waals surface area contributed by atoms with Gasteiger partial charge in [-0.15, -0.1) is 0 Å². The van der Waals surface area contributed by atoms with Crippen LogP contribution in [0.2, 0.25) is 0 Å². The number of anilines is 3. The molecule has 4 N–H and O–H groups in total. The monoisotopic (exact) mass is 444 g/mol. The lowest BCUT2D eigenvalue weighted by Crippen LogP contribution is -2.33. The fraction of sp³-hybridized carbons (Fsp3) is 0.0833. The molecule has 0 unspecified atom stereocenters. The maximum atomic E-state index is 12.3. The third-order valence-corrected chi connectivity index (χ3v) is 4.70. The number of hydrogen-bond donors (Lipinski definition) is 4. The highest BCUT2D eigenvalue weighted by atomic mass is 16.4. The highest BCUT2D eigenvalue weighted by Gasteiger charge is 2.11. The first-order valence-corrected chi connectivity index (χ1v) is 10.1. The van der Waals surface area contributed by atoms with Crippen LogP contribution in [0, 0.1) is 0 Å². The van der Waals surface area contributed by atoms with Crippen LogP contribution in [-0.2, 0) is 16.0 Å². The molecule has 3 aromatic carbocycles. The number of carbonyl (C=O) groups is 3. The summed E-state index contributed by atoms with van der Waals surface area (Å²) >= 11 is 0. The topological polar surface area (TPSA) is 134 Å². The molecule has 0 spiro atoms. The third kappa shape index (κ3) is 5.73. The number of aromatic carboxylic acids is 1. The van der Waals surface area contributed by atoms with Gasteiger partial charge in [0.15, 0.2) is 5.58 Å². The SMILES string of the molecule is O=C(Cc1ccc2nc(Nc3ccccc3)oc2c1)NCC(=O)Nc1ccc(C(=O)O)cc1. The zero-order chi connectivity index (χ0) is 23.2. The molecule has 0 radical (unpaired) electrons.